The predicted molar refractivity (Wildman–Crippen MR) is 95.4 cm³/mol. The Morgan fingerprint density at radius 3 is 1.40 bits per heavy atom. The van der Waals surface area contributed by atoms with E-state index in [2.05, 4.69) is 11.7 Å². The van der Waals surface area contributed by atoms with Crippen LogP contribution in [0.3, 0.4) is 0 Å². The molecule has 0 saturated carbocycles. The van der Waals surface area contributed by atoms with Crippen LogP contribution < -0.4 is 0 Å². The molecule has 0 radical (unpaired) electrons. The zero-order chi connectivity index (χ0) is 19.1. The third-order valence-electron chi connectivity index (χ3n) is 4.67. The van der Waals surface area contributed by atoms with Gasteiger partial charge in [-0.05, 0) is 6.42 Å². The minimum absolute atomic E-state index is 0.234. The molecule has 0 aliphatic rings. The second-order valence-corrected chi connectivity index (χ2v) is 6.65. The number of esters is 1. The summed E-state index contributed by atoms with van der Waals surface area (Å²) in [5, 5.41) is 18.4. The van der Waals surface area contributed by atoms with Crippen molar-refractivity contribution >= 4 is 17.9 Å². The first kappa shape index (κ1) is 23.4. The van der Waals surface area contributed by atoms with Crippen molar-refractivity contribution in [3.63, 3.8) is 0 Å². The van der Waals surface area contributed by atoms with Crippen LogP contribution in [0.4, 0.5) is 0 Å². The molecule has 146 valence electrons. The average molecular weight is 358 g/mol. The van der Waals surface area contributed by atoms with E-state index in [1.165, 1.54) is 44.9 Å². The summed E-state index contributed by atoms with van der Waals surface area (Å²) in [7, 11) is 1.01. The molecule has 0 rings (SSSR count). The summed E-state index contributed by atoms with van der Waals surface area (Å²) in [4.78, 5) is 34.3. The standard InChI is InChI=1S/C19H34O6/c1-3-4-5-6-7-8-9-10-11-12-13-14-15-19(16(20)21,17(22)23)18(24)25-2/h3-15H2,1-2H3,(H,20,21)(H,22,23). The van der Waals surface area contributed by atoms with Gasteiger partial charge in [0, 0.05) is 0 Å². The normalized spacial score (nSPS) is 11.3. The highest BCUT2D eigenvalue weighted by Gasteiger charge is 2.54. The Balaban J connectivity index is 3.92. The Hall–Kier alpha value is -1.59. The molecule has 0 aliphatic carbocycles. The van der Waals surface area contributed by atoms with Crippen LogP contribution in [0.5, 0.6) is 0 Å². The van der Waals surface area contributed by atoms with Crippen LogP contribution >= 0.6 is 0 Å². The fourth-order valence-corrected chi connectivity index (χ4v) is 2.99. The van der Waals surface area contributed by atoms with Crippen LogP contribution in [0.1, 0.15) is 90.4 Å². The van der Waals surface area contributed by atoms with E-state index in [0.29, 0.717) is 6.42 Å². The Morgan fingerprint density at radius 1 is 0.720 bits per heavy atom. The molecule has 0 aromatic carbocycles. The first-order valence-electron chi connectivity index (χ1n) is 9.48. The molecule has 6 nitrogen and oxygen atoms in total. The molecule has 0 amide bonds. The van der Waals surface area contributed by atoms with E-state index in [1.54, 1.807) is 0 Å². The van der Waals surface area contributed by atoms with Crippen LogP contribution in [-0.4, -0.2) is 35.2 Å². The number of ether oxygens (including phenoxy) is 1. The molecule has 0 spiro atoms. The summed E-state index contributed by atoms with van der Waals surface area (Å²) >= 11 is 0. The van der Waals surface area contributed by atoms with Crippen molar-refractivity contribution < 1.29 is 29.3 Å². The lowest BCUT2D eigenvalue weighted by Crippen LogP contribution is -2.47. The van der Waals surface area contributed by atoms with Gasteiger partial charge in [0.2, 0.25) is 0 Å². The molecule has 0 saturated heterocycles. The van der Waals surface area contributed by atoms with Crippen LogP contribution in [-0.2, 0) is 19.1 Å². The molecule has 0 unspecified atom stereocenters. The van der Waals surface area contributed by atoms with Gasteiger partial charge in [-0.15, -0.1) is 0 Å². The Kier molecular flexibility index (Phi) is 12.8. The number of methoxy groups -OCH3 is 1. The van der Waals surface area contributed by atoms with E-state index in [1.807, 2.05) is 0 Å². The molecule has 0 aliphatic heterocycles. The number of rotatable bonds is 16. The topological polar surface area (TPSA) is 101 Å². The van der Waals surface area contributed by atoms with Crippen molar-refractivity contribution in [3.8, 4) is 0 Å². The summed E-state index contributed by atoms with van der Waals surface area (Å²) in [6.07, 6.45) is 13.0. The van der Waals surface area contributed by atoms with E-state index in [9.17, 15) is 24.6 Å². The van der Waals surface area contributed by atoms with Crippen LogP contribution in [0.15, 0.2) is 0 Å². The number of unbranched alkanes of at least 4 members (excludes halogenated alkanes) is 11. The SMILES string of the molecule is CCCCCCCCCCCCCCC(C(=O)O)(C(=O)O)C(=O)OC. The van der Waals surface area contributed by atoms with Crippen molar-refractivity contribution in [2.24, 2.45) is 5.41 Å². The van der Waals surface area contributed by atoms with Gasteiger partial charge in [0.25, 0.3) is 5.41 Å². The molecule has 6 heteroatoms. The van der Waals surface area contributed by atoms with Crippen molar-refractivity contribution in [1.82, 2.24) is 0 Å². The largest absolute Gasteiger partial charge is 0.480 e. The van der Waals surface area contributed by atoms with Gasteiger partial charge >= 0.3 is 17.9 Å². The number of aliphatic carboxylic acids is 2. The molecule has 0 heterocycles. The Labute approximate surface area is 150 Å². The third-order valence-corrected chi connectivity index (χ3v) is 4.67. The highest BCUT2D eigenvalue weighted by atomic mass is 16.5. The maximum atomic E-state index is 11.7. The second kappa shape index (κ2) is 13.7. The number of carbonyl (C=O) groups is 3. The highest BCUT2D eigenvalue weighted by Crippen LogP contribution is 2.28. The molecule has 0 aromatic heterocycles. The van der Waals surface area contributed by atoms with E-state index >= 15 is 0 Å². The van der Waals surface area contributed by atoms with Crippen molar-refractivity contribution in [2.75, 3.05) is 7.11 Å². The molecule has 2 N–H and O–H groups in total. The lowest BCUT2D eigenvalue weighted by molar-refractivity contribution is -0.178. The minimum Gasteiger partial charge on any atom is -0.480 e. The third kappa shape index (κ3) is 8.36. The van der Waals surface area contributed by atoms with E-state index in [0.717, 1.165) is 32.8 Å². The van der Waals surface area contributed by atoms with E-state index < -0.39 is 23.3 Å². The lowest BCUT2D eigenvalue weighted by Gasteiger charge is -2.21. The smallest absolute Gasteiger partial charge is 0.334 e. The zero-order valence-electron chi connectivity index (χ0n) is 15.7. The minimum atomic E-state index is -2.48. The average Bonchev–Trinajstić information content (AvgIpc) is 2.58. The molecule has 25 heavy (non-hydrogen) atoms. The molecule has 0 fully saturated rings. The first-order valence-corrected chi connectivity index (χ1v) is 9.48. The van der Waals surface area contributed by atoms with Gasteiger partial charge in [-0.1, -0.05) is 84.0 Å². The van der Waals surface area contributed by atoms with Gasteiger partial charge in [0.1, 0.15) is 0 Å². The monoisotopic (exact) mass is 358 g/mol. The molecule has 0 aromatic rings. The summed E-state index contributed by atoms with van der Waals surface area (Å²) in [6, 6.07) is 0. The van der Waals surface area contributed by atoms with Crippen LogP contribution in [0.2, 0.25) is 0 Å². The van der Waals surface area contributed by atoms with Crippen LogP contribution in [0, 0.1) is 5.41 Å². The van der Waals surface area contributed by atoms with Gasteiger partial charge in [-0.2, -0.15) is 0 Å². The first-order chi connectivity index (χ1) is 11.9. The van der Waals surface area contributed by atoms with E-state index in [-0.39, 0.29) is 6.42 Å². The Morgan fingerprint density at radius 2 is 1.08 bits per heavy atom. The maximum absolute atomic E-state index is 11.7. The zero-order valence-corrected chi connectivity index (χ0v) is 15.7. The van der Waals surface area contributed by atoms with E-state index in [4.69, 9.17) is 0 Å². The van der Waals surface area contributed by atoms with Crippen molar-refractivity contribution in [2.45, 2.75) is 90.4 Å². The molecule has 0 atom stereocenters. The fourth-order valence-electron chi connectivity index (χ4n) is 2.99. The fraction of sp³-hybridized carbons (Fsp3) is 0.842. The Bertz CT molecular complexity index is 391. The van der Waals surface area contributed by atoms with Crippen molar-refractivity contribution in [1.29, 1.82) is 0 Å². The number of hydrogen-bond donors (Lipinski definition) is 2. The highest BCUT2D eigenvalue weighted by molar-refractivity contribution is 6.16. The lowest BCUT2D eigenvalue weighted by atomic mass is 9.82. The van der Waals surface area contributed by atoms with Gasteiger partial charge in [-0.25, -0.2) is 0 Å². The number of carboxylic acids is 2. The summed E-state index contributed by atoms with van der Waals surface area (Å²) < 4.78 is 4.40. The molecular weight excluding hydrogens is 324 g/mol. The van der Waals surface area contributed by atoms with Crippen molar-refractivity contribution in [3.05, 3.63) is 0 Å². The number of carboxylic acid groups (broad SMARTS) is 2. The van der Waals surface area contributed by atoms with Crippen LogP contribution in [0.25, 0.3) is 0 Å². The van der Waals surface area contributed by atoms with Gasteiger partial charge in [0.15, 0.2) is 0 Å². The quantitative estimate of drug-likeness (QED) is 0.241. The predicted octanol–water partition coefficient (Wildman–Crippen LogP) is 4.41. The van der Waals surface area contributed by atoms with Gasteiger partial charge in [-0.3, -0.25) is 14.4 Å². The summed E-state index contributed by atoms with van der Waals surface area (Å²) in [5.41, 5.74) is -2.48. The molecule has 0 bridgehead atoms. The van der Waals surface area contributed by atoms with Gasteiger partial charge < -0.3 is 14.9 Å². The molecular formula is C19H34O6. The number of carbonyl (C=O) groups excluding carboxylic acids is 1. The summed E-state index contributed by atoms with van der Waals surface area (Å²) in [5.74, 6) is -4.53. The second-order valence-electron chi connectivity index (χ2n) is 6.65. The number of hydrogen-bond acceptors (Lipinski definition) is 4. The summed E-state index contributed by atoms with van der Waals surface area (Å²) in [6.45, 7) is 2.21. The maximum Gasteiger partial charge on any atom is 0.334 e. The van der Waals surface area contributed by atoms with Gasteiger partial charge in [0.05, 0.1) is 7.11 Å².